The molecule has 0 fully saturated rings. The Labute approximate surface area is 135 Å². The van der Waals surface area contributed by atoms with Crippen molar-refractivity contribution < 1.29 is 4.84 Å². The van der Waals surface area contributed by atoms with Crippen molar-refractivity contribution in [3.63, 3.8) is 0 Å². The number of hydrazine groups is 1. The third kappa shape index (κ3) is 3.91. The fourth-order valence-corrected chi connectivity index (χ4v) is 1.90. The fraction of sp³-hybridized carbons (Fsp3) is 0.0909. The van der Waals surface area contributed by atoms with E-state index in [1.165, 1.54) is 5.17 Å². The van der Waals surface area contributed by atoms with Crippen LogP contribution in [0.5, 0.6) is 0 Å². The lowest BCUT2D eigenvalue weighted by Gasteiger charge is -2.16. The normalized spacial score (nSPS) is 15.6. The molecule has 0 atom stereocenters. The lowest BCUT2D eigenvalue weighted by atomic mass is 10.2. The van der Waals surface area contributed by atoms with Gasteiger partial charge in [0.1, 0.15) is 0 Å². The number of benzene rings is 1. The largest absolute Gasteiger partial charge is 0.359 e. The Kier molecular flexibility index (Phi) is 4.64. The van der Waals surface area contributed by atoms with Crippen molar-refractivity contribution in [1.29, 1.82) is 0 Å². The standard InChI is InChI=1S/C11H8Br3ClN2O/c12-11(13,14)10-7-16-17(18-10)6-5-8-1-3-9(15)4-2-8/h1-7,16H. The third-order valence-corrected chi connectivity index (χ3v) is 3.50. The van der Waals surface area contributed by atoms with Crippen LogP contribution in [-0.2, 0) is 4.84 Å². The van der Waals surface area contributed by atoms with E-state index in [0.717, 1.165) is 5.56 Å². The minimum absolute atomic E-state index is 0.567. The van der Waals surface area contributed by atoms with E-state index in [1.54, 1.807) is 12.4 Å². The summed E-state index contributed by atoms with van der Waals surface area (Å²) in [6, 6.07) is 7.52. The Morgan fingerprint density at radius 3 is 2.44 bits per heavy atom. The first-order chi connectivity index (χ1) is 8.45. The minimum atomic E-state index is -0.567. The van der Waals surface area contributed by atoms with E-state index < -0.39 is 2.14 Å². The van der Waals surface area contributed by atoms with Crippen LogP contribution < -0.4 is 5.43 Å². The first kappa shape index (κ1) is 14.2. The SMILES string of the molecule is Clc1ccc(C=CN2NC=C(C(Br)(Br)Br)O2)cc1. The van der Waals surface area contributed by atoms with Crippen molar-refractivity contribution in [1.82, 2.24) is 10.6 Å². The zero-order valence-electron chi connectivity index (χ0n) is 8.91. The molecular weight excluding hydrogens is 451 g/mol. The van der Waals surface area contributed by atoms with Gasteiger partial charge in [-0.05, 0) is 23.8 Å². The van der Waals surface area contributed by atoms with Crippen LogP contribution >= 0.6 is 59.4 Å². The summed E-state index contributed by atoms with van der Waals surface area (Å²) in [5, 5.41) is 2.21. The van der Waals surface area contributed by atoms with E-state index >= 15 is 0 Å². The zero-order valence-corrected chi connectivity index (χ0v) is 14.4. The Morgan fingerprint density at radius 2 is 1.89 bits per heavy atom. The Hall–Kier alpha value is -0.170. The van der Waals surface area contributed by atoms with E-state index in [4.69, 9.17) is 16.4 Å². The minimum Gasteiger partial charge on any atom is -0.359 e. The molecule has 0 saturated carbocycles. The van der Waals surface area contributed by atoms with Gasteiger partial charge in [0.05, 0.1) is 12.4 Å². The maximum Gasteiger partial charge on any atom is 0.196 e. The number of hydrogen-bond acceptors (Lipinski definition) is 3. The topological polar surface area (TPSA) is 24.5 Å². The number of rotatable bonds is 2. The van der Waals surface area contributed by atoms with Gasteiger partial charge in [0, 0.05) is 5.02 Å². The van der Waals surface area contributed by atoms with Gasteiger partial charge < -0.3 is 4.84 Å². The Balaban J connectivity index is 1.95. The predicted molar refractivity (Wildman–Crippen MR) is 84.1 cm³/mol. The van der Waals surface area contributed by atoms with Crippen molar-refractivity contribution in [3.8, 4) is 0 Å². The Bertz CT molecular complexity index is 482. The molecule has 7 heteroatoms. The molecule has 18 heavy (non-hydrogen) atoms. The average molecular weight is 459 g/mol. The van der Waals surface area contributed by atoms with Crippen LogP contribution in [0.2, 0.25) is 5.02 Å². The second kappa shape index (κ2) is 5.86. The Morgan fingerprint density at radius 1 is 1.22 bits per heavy atom. The molecule has 0 aromatic heterocycles. The molecule has 0 aliphatic carbocycles. The van der Waals surface area contributed by atoms with Crippen molar-refractivity contribution >= 4 is 65.5 Å². The van der Waals surface area contributed by atoms with Crippen LogP contribution in [0.4, 0.5) is 0 Å². The summed E-state index contributed by atoms with van der Waals surface area (Å²) in [5.74, 6) is 0.656. The van der Waals surface area contributed by atoms with Gasteiger partial charge >= 0.3 is 0 Å². The summed E-state index contributed by atoms with van der Waals surface area (Å²) in [5.41, 5.74) is 3.97. The summed E-state index contributed by atoms with van der Waals surface area (Å²) in [6.07, 6.45) is 5.40. The van der Waals surface area contributed by atoms with E-state index in [-0.39, 0.29) is 0 Å². The van der Waals surface area contributed by atoms with Gasteiger partial charge in [0.2, 0.25) is 0 Å². The first-order valence-corrected chi connectivity index (χ1v) is 7.65. The summed E-state index contributed by atoms with van der Waals surface area (Å²) in [4.78, 5) is 5.50. The highest BCUT2D eigenvalue weighted by Crippen LogP contribution is 2.42. The van der Waals surface area contributed by atoms with Crippen LogP contribution in [0.15, 0.2) is 42.4 Å². The number of allylic oxidation sites excluding steroid dienone is 1. The molecule has 0 bridgehead atoms. The third-order valence-electron chi connectivity index (χ3n) is 2.07. The highest BCUT2D eigenvalue weighted by molar-refractivity contribution is 9.39. The molecule has 0 unspecified atom stereocenters. The molecule has 0 amide bonds. The highest BCUT2D eigenvalue weighted by Gasteiger charge is 2.31. The molecule has 1 heterocycles. The predicted octanol–water partition coefficient (Wildman–Crippen LogP) is 4.74. The molecule has 1 aliphatic heterocycles. The van der Waals surface area contributed by atoms with Gasteiger partial charge in [-0.3, -0.25) is 5.43 Å². The highest BCUT2D eigenvalue weighted by atomic mass is 80.0. The van der Waals surface area contributed by atoms with Gasteiger partial charge in [-0.15, -0.1) is 5.17 Å². The molecule has 1 N–H and O–H groups in total. The zero-order chi connectivity index (χ0) is 13.2. The van der Waals surface area contributed by atoms with Crippen LogP contribution in [0.3, 0.4) is 0 Å². The van der Waals surface area contributed by atoms with Crippen LogP contribution in [-0.4, -0.2) is 7.32 Å². The molecule has 1 aromatic rings. The van der Waals surface area contributed by atoms with E-state index in [2.05, 4.69) is 53.2 Å². The summed E-state index contributed by atoms with van der Waals surface area (Å²) < 4.78 is -0.567. The maximum absolute atomic E-state index is 5.81. The number of nitrogens with zero attached hydrogens (tertiary/aromatic N) is 1. The maximum atomic E-state index is 5.81. The van der Waals surface area contributed by atoms with Gasteiger partial charge in [-0.2, -0.15) is 0 Å². The van der Waals surface area contributed by atoms with Gasteiger partial charge in [-0.1, -0.05) is 71.5 Å². The van der Waals surface area contributed by atoms with Crippen LogP contribution in [0.1, 0.15) is 5.56 Å². The molecule has 1 aliphatic rings. The molecule has 1 aromatic carbocycles. The quantitative estimate of drug-likeness (QED) is 0.647. The van der Waals surface area contributed by atoms with Gasteiger partial charge in [-0.25, -0.2) is 0 Å². The summed E-state index contributed by atoms with van der Waals surface area (Å²) in [7, 11) is 0. The number of hydrogen-bond donors (Lipinski definition) is 1. The smallest absolute Gasteiger partial charge is 0.196 e. The molecule has 2 rings (SSSR count). The monoisotopic (exact) mass is 456 g/mol. The van der Waals surface area contributed by atoms with Crippen molar-refractivity contribution in [2.75, 3.05) is 0 Å². The molecular formula is C11H8Br3ClN2O. The molecule has 3 nitrogen and oxygen atoms in total. The second-order valence-corrected chi connectivity index (χ2v) is 10.6. The number of halogens is 4. The van der Waals surface area contributed by atoms with Gasteiger partial charge in [0.25, 0.3) is 0 Å². The number of hydroxylamine groups is 1. The van der Waals surface area contributed by atoms with Crippen LogP contribution in [0.25, 0.3) is 6.08 Å². The number of alkyl halides is 3. The van der Waals surface area contributed by atoms with Gasteiger partial charge in [0.15, 0.2) is 7.90 Å². The summed E-state index contributed by atoms with van der Waals surface area (Å²) in [6.45, 7) is 0. The van der Waals surface area contributed by atoms with Crippen molar-refractivity contribution in [2.24, 2.45) is 0 Å². The molecule has 0 saturated heterocycles. The number of nitrogens with one attached hydrogen (secondary N) is 1. The first-order valence-electron chi connectivity index (χ1n) is 4.90. The lowest BCUT2D eigenvalue weighted by molar-refractivity contribution is -0.0788. The van der Waals surface area contributed by atoms with Crippen molar-refractivity contribution in [2.45, 2.75) is 2.14 Å². The average Bonchev–Trinajstić information content (AvgIpc) is 2.77. The fourth-order valence-electron chi connectivity index (χ4n) is 1.22. The van der Waals surface area contributed by atoms with E-state index in [9.17, 15) is 0 Å². The molecule has 0 radical (unpaired) electrons. The second-order valence-electron chi connectivity index (χ2n) is 3.42. The van der Waals surface area contributed by atoms with E-state index in [0.29, 0.717) is 10.8 Å². The van der Waals surface area contributed by atoms with Crippen LogP contribution in [0, 0.1) is 0 Å². The van der Waals surface area contributed by atoms with Crippen molar-refractivity contribution in [3.05, 3.63) is 53.0 Å². The molecule has 0 spiro atoms. The lowest BCUT2D eigenvalue weighted by Crippen LogP contribution is -2.22. The molecule has 96 valence electrons. The summed E-state index contributed by atoms with van der Waals surface area (Å²) >= 11 is 15.9. The van der Waals surface area contributed by atoms with E-state index in [1.807, 2.05) is 30.3 Å².